The highest BCUT2D eigenvalue weighted by molar-refractivity contribution is 5.81. The third-order valence-corrected chi connectivity index (χ3v) is 2.91. The summed E-state index contributed by atoms with van der Waals surface area (Å²) in [5.74, 6) is 0.355. The molecule has 5 nitrogen and oxygen atoms in total. The molecule has 0 saturated heterocycles. The number of nitrogens with zero attached hydrogens (tertiary/aromatic N) is 2. The molecule has 0 spiro atoms. The van der Waals surface area contributed by atoms with Crippen molar-refractivity contribution in [1.29, 1.82) is 0 Å². The minimum Gasteiger partial charge on any atom is -0.484 e. The van der Waals surface area contributed by atoms with E-state index in [9.17, 15) is 4.79 Å². The van der Waals surface area contributed by atoms with Gasteiger partial charge in [0.1, 0.15) is 5.75 Å². The summed E-state index contributed by atoms with van der Waals surface area (Å²) in [5, 5.41) is 3.83. The second kappa shape index (κ2) is 8.56. The molecule has 5 heteroatoms. The molecule has 0 aliphatic carbocycles. The normalized spacial score (nSPS) is 10.6. The number of carbonyl (C=O) groups is 1. The van der Waals surface area contributed by atoms with Gasteiger partial charge in [-0.15, -0.1) is 0 Å². The van der Waals surface area contributed by atoms with Crippen LogP contribution in [0.5, 0.6) is 5.75 Å². The summed E-state index contributed by atoms with van der Waals surface area (Å²) in [4.78, 5) is 15.7. The first-order chi connectivity index (χ1) is 10.8. The summed E-state index contributed by atoms with van der Waals surface area (Å²) in [7, 11) is 0. The van der Waals surface area contributed by atoms with Crippen LogP contribution in [-0.4, -0.2) is 23.7 Å². The Balaban J connectivity index is 1.74. The highest BCUT2D eigenvalue weighted by atomic mass is 16.5. The maximum absolute atomic E-state index is 11.6. The summed E-state index contributed by atoms with van der Waals surface area (Å²) in [5.41, 5.74) is 4.34. The number of benzene rings is 1. The highest BCUT2D eigenvalue weighted by Crippen LogP contribution is 2.13. The van der Waals surface area contributed by atoms with Gasteiger partial charge >= 0.3 is 0 Å². The van der Waals surface area contributed by atoms with Crippen molar-refractivity contribution in [2.45, 2.75) is 19.8 Å². The first-order valence-electron chi connectivity index (χ1n) is 7.22. The van der Waals surface area contributed by atoms with Gasteiger partial charge in [0.2, 0.25) is 0 Å². The van der Waals surface area contributed by atoms with Crippen LogP contribution in [0.2, 0.25) is 0 Å². The number of hydrazone groups is 1. The second-order valence-electron chi connectivity index (χ2n) is 4.73. The third-order valence-electron chi connectivity index (χ3n) is 2.91. The van der Waals surface area contributed by atoms with E-state index in [0.717, 1.165) is 12.8 Å². The molecule has 114 valence electrons. The Hall–Kier alpha value is -2.69. The molecule has 0 unspecified atom stereocenters. The van der Waals surface area contributed by atoms with Gasteiger partial charge in [0, 0.05) is 6.20 Å². The molecule has 0 radical (unpaired) electrons. The van der Waals surface area contributed by atoms with Crippen molar-refractivity contribution in [1.82, 2.24) is 10.4 Å². The molecule has 2 aromatic rings. The summed E-state index contributed by atoms with van der Waals surface area (Å²) in [6.45, 7) is 2.06. The van der Waals surface area contributed by atoms with E-state index >= 15 is 0 Å². The lowest BCUT2D eigenvalue weighted by atomic mass is 10.1. The van der Waals surface area contributed by atoms with E-state index in [1.807, 2.05) is 36.4 Å². The Morgan fingerprint density at radius 2 is 2.09 bits per heavy atom. The average Bonchev–Trinajstić information content (AvgIpc) is 2.55. The monoisotopic (exact) mass is 297 g/mol. The zero-order valence-corrected chi connectivity index (χ0v) is 12.5. The summed E-state index contributed by atoms with van der Waals surface area (Å²) >= 11 is 0. The van der Waals surface area contributed by atoms with Gasteiger partial charge in [-0.1, -0.05) is 31.5 Å². The van der Waals surface area contributed by atoms with Crippen molar-refractivity contribution in [3.63, 3.8) is 0 Å². The Kier molecular flexibility index (Phi) is 6.11. The zero-order chi connectivity index (χ0) is 15.6. The number of ether oxygens (including phenoxy) is 1. The van der Waals surface area contributed by atoms with E-state index in [1.54, 1.807) is 12.3 Å². The highest BCUT2D eigenvalue weighted by Gasteiger charge is 2.01. The van der Waals surface area contributed by atoms with Crippen LogP contribution in [0.1, 0.15) is 24.6 Å². The van der Waals surface area contributed by atoms with E-state index in [1.165, 1.54) is 11.8 Å². The molecule has 0 bridgehead atoms. The molecular formula is C17H19N3O2. The van der Waals surface area contributed by atoms with Gasteiger partial charge < -0.3 is 4.74 Å². The van der Waals surface area contributed by atoms with Crippen molar-refractivity contribution < 1.29 is 9.53 Å². The molecule has 1 amide bonds. The van der Waals surface area contributed by atoms with Crippen LogP contribution in [0, 0.1) is 0 Å². The zero-order valence-electron chi connectivity index (χ0n) is 12.5. The van der Waals surface area contributed by atoms with E-state index < -0.39 is 0 Å². The van der Waals surface area contributed by atoms with Crippen LogP contribution < -0.4 is 10.2 Å². The van der Waals surface area contributed by atoms with Crippen molar-refractivity contribution >= 4 is 12.1 Å². The van der Waals surface area contributed by atoms with Crippen LogP contribution in [0.3, 0.4) is 0 Å². The number of aromatic nitrogens is 1. The van der Waals surface area contributed by atoms with E-state index in [-0.39, 0.29) is 12.5 Å². The van der Waals surface area contributed by atoms with Gasteiger partial charge in [0.25, 0.3) is 5.91 Å². The number of amides is 1. The number of nitrogens with one attached hydrogen (secondary N) is 1. The van der Waals surface area contributed by atoms with Gasteiger partial charge in [-0.2, -0.15) is 5.10 Å². The molecule has 1 heterocycles. The van der Waals surface area contributed by atoms with Crippen LogP contribution >= 0.6 is 0 Å². The van der Waals surface area contributed by atoms with Gasteiger partial charge in [0.15, 0.2) is 6.61 Å². The molecule has 2 rings (SSSR count). The standard InChI is InChI=1S/C17H19N3O2/c1-2-5-14-7-9-16(10-8-14)22-13-17(21)20-19-12-15-6-3-4-11-18-15/h3-4,6-12H,2,5,13H2,1H3,(H,20,21)/b19-12+. The number of hydrogen-bond donors (Lipinski definition) is 1. The topological polar surface area (TPSA) is 63.6 Å². The number of aryl methyl sites for hydroxylation is 1. The van der Waals surface area contributed by atoms with E-state index in [4.69, 9.17) is 4.74 Å². The molecule has 22 heavy (non-hydrogen) atoms. The quantitative estimate of drug-likeness (QED) is 0.631. The number of rotatable bonds is 7. The van der Waals surface area contributed by atoms with Crippen molar-refractivity contribution in [2.24, 2.45) is 5.10 Å². The fourth-order valence-electron chi connectivity index (χ4n) is 1.84. The Bertz CT molecular complexity index is 610. The predicted molar refractivity (Wildman–Crippen MR) is 85.9 cm³/mol. The molecule has 1 N–H and O–H groups in total. The van der Waals surface area contributed by atoms with Crippen molar-refractivity contribution in [3.8, 4) is 5.75 Å². The Labute approximate surface area is 130 Å². The summed E-state index contributed by atoms with van der Waals surface area (Å²) in [6, 6.07) is 13.2. The van der Waals surface area contributed by atoms with Crippen LogP contribution in [0.4, 0.5) is 0 Å². The van der Waals surface area contributed by atoms with Crippen molar-refractivity contribution in [2.75, 3.05) is 6.61 Å². The SMILES string of the molecule is CCCc1ccc(OCC(=O)N/N=C/c2ccccn2)cc1. The maximum Gasteiger partial charge on any atom is 0.277 e. The minimum absolute atomic E-state index is 0.0767. The lowest BCUT2D eigenvalue weighted by Crippen LogP contribution is -2.24. The van der Waals surface area contributed by atoms with E-state index in [2.05, 4.69) is 22.4 Å². The lowest BCUT2D eigenvalue weighted by Gasteiger charge is -2.06. The van der Waals surface area contributed by atoms with Crippen LogP contribution in [-0.2, 0) is 11.2 Å². The smallest absolute Gasteiger partial charge is 0.277 e. The Morgan fingerprint density at radius 3 is 2.77 bits per heavy atom. The predicted octanol–water partition coefficient (Wildman–Crippen LogP) is 2.56. The molecule has 0 aliphatic heterocycles. The molecule has 0 aliphatic rings. The first-order valence-corrected chi connectivity index (χ1v) is 7.22. The first kappa shape index (κ1) is 15.7. The summed E-state index contributed by atoms with van der Waals surface area (Å²) in [6.07, 6.45) is 5.30. The van der Waals surface area contributed by atoms with Crippen LogP contribution in [0.15, 0.2) is 53.8 Å². The minimum atomic E-state index is -0.315. The van der Waals surface area contributed by atoms with Gasteiger partial charge in [-0.05, 0) is 36.2 Å². The van der Waals surface area contributed by atoms with Gasteiger partial charge in [-0.3, -0.25) is 9.78 Å². The number of pyridine rings is 1. The average molecular weight is 297 g/mol. The van der Waals surface area contributed by atoms with Crippen LogP contribution in [0.25, 0.3) is 0 Å². The number of hydrogen-bond acceptors (Lipinski definition) is 4. The molecule has 1 aromatic heterocycles. The molecule has 0 fully saturated rings. The molecule has 1 aromatic carbocycles. The van der Waals surface area contributed by atoms with Gasteiger partial charge in [-0.25, -0.2) is 5.43 Å². The summed E-state index contributed by atoms with van der Waals surface area (Å²) < 4.78 is 5.40. The third kappa shape index (κ3) is 5.36. The fraction of sp³-hybridized carbons (Fsp3) is 0.235. The number of carbonyl (C=O) groups excluding carboxylic acids is 1. The van der Waals surface area contributed by atoms with Gasteiger partial charge in [0.05, 0.1) is 11.9 Å². The van der Waals surface area contributed by atoms with Crippen molar-refractivity contribution in [3.05, 3.63) is 59.9 Å². The molecule has 0 saturated carbocycles. The Morgan fingerprint density at radius 1 is 1.27 bits per heavy atom. The fourth-order valence-corrected chi connectivity index (χ4v) is 1.84. The second-order valence-corrected chi connectivity index (χ2v) is 4.73. The van der Waals surface area contributed by atoms with E-state index in [0.29, 0.717) is 11.4 Å². The molecule has 0 atom stereocenters. The largest absolute Gasteiger partial charge is 0.484 e. The maximum atomic E-state index is 11.6. The lowest BCUT2D eigenvalue weighted by molar-refractivity contribution is -0.123. The molecular weight excluding hydrogens is 278 g/mol.